The topological polar surface area (TPSA) is 29.3 Å². The molecule has 1 fully saturated rings. The van der Waals surface area contributed by atoms with Gasteiger partial charge in [0.25, 0.3) is 0 Å². The maximum atomic E-state index is 5.99. The second-order valence-corrected chi connectivity index (χ2v) is 5.63. The van der Waals surface area contributed by atoms with E-state index in [4.69, 9.17) is 5.73 Å². The van der Waals surface area contributed by atoms with Gasteiger partial charge in [0.05, 0.1) is 0 Å². The Balaban J connectivity index is 2.42. The van der Waals surface area contributed by atoms with E-state index >= 15 is 0 Å². The van der Waals surface area contributed by atoms with Crippen molar-refractivity contribution < 1.29 is 0 Å². The lowest BCUT2D eigenvalue weighted by Crippen LogP contribution is -2.45. The molecule has 0 saturated heterocycles. The first kappa shape index (κ1) is 12.0. The van der Waals surface area contributed by atoms with E-state index in [1.165, 1.54) is 25.7 Å². The van der Waals surface area contributed by atoms with Crippen molar-refractivity contribution in [2.24, 2.45) is 11.1 Å². The van der Waals surface area contributed by atoms with Crippen molar-refractivity contribution in [2.45, 2.75) is 58.5 Å². The lowest BCUT2D eigenvalue weighted by atomic mass is 9.85. The molecule has 2 N–H and O–H groups in total. The van der Waals surface area contributed by atoms with E-state index in [0.717, 1.165) is 12.6 Å². The summed E-state index contributed by atoms with van der Waals surface area (Å²) in [6.45, 7) is 7.77. The Morgan fingerprint density at radius 1 is 1.36 bits per heavy atom. The molecular formula is C12H26N2. The van der Waals surface area contributed by atoms with Crippen molar-refractivity contribution in [2.75, 3.05) is 13.6 Å². The van der Waals surface area contributed by atoms with Crippen molar-refractivity contribution in [3.05, 3.63) is 0 Å². The lowest BCUT2D eigenvalue weighted by Gasteiger charge is -2.36. The fraction of sp³-hybridized carbons (Fsp3) is 1.00. The van der Waals surface area contributed by atoms with Gasteiger partial charge in [-0.05, 0) is 32.2 Å². The van der Waals surface area contributed by atoms with Crippen LogP contribution in [-0.2, 0) is 0 Å². The SMILES string of the molecule is CC(N)C(C)(C)CN(C)C1CCCC1. The van der Waals surface area contributed by atoms with Crippen LogP contribution in [0.1, 0.15) is 46.5 Å². The number of nitrogens with zero attached hydrogens (tertiary/aromatic N) is 1. The van der Waals surface area contributed by atoms with Crippen molar-refractivity contribution in [3.8, 4) is 0 Å². The molecule has 0 aromatic carbocycles. The minimum Gasteiger partial charge on any atom is -0.327 e. The highest BCUT2D eigenvalue weighted by atomic mass is 15.1. The lowest BCUT2D eigenvalue weighted by molar-refractivity contribution is 0.144. The van der Waals surface area contributed by atoms with Crippen molar-refractivity contribution >= 4 is 0 Å². The molecule has 1 aliphatic rings. The average Bonchev–Trinajstić information content (AvgIpc) is 2.54. The zero-order valence-corrected chi connectivity index (χ0v) is 10.2. The van der Waals surface area contributed by atoms with Crippen molar-refractivity contribution in [1.29, 1.82) is 0 Å². The zero-order chi connectivity index (χ0) is 10.8. The van der Waals surface area contributed by atoms with Gasteiger partial charge in [-0.15, -0.1) is 0 Å². The van der Waals surface area contributed by atoms with E-state index in [-0.39, 0.29) is 11.5 Å². The van der Waals surface area contributed by atoms with Crippen molar-refractivity contribution in [1.82, 2.24) is 4.90 Å². The van der Waals surface area contributed by atoms with Gasteiger partial charge < -0.3 is 10.6 Å². The first-order valence-electron chi connectivity index (χ1n) is 5.89. The highest BCUT2D eigenvalue weighted by molar-refractivity contribution is 4.84. The van der Waals surface area contributed by atoms with E-state index in [2.05, 4.69) is 32.7 Å². The van der Waals surface area contributed by atoms with Gasteiger partial charge >= 0.3 is 0 Å². The molecule has 14 heavy (non-hydrogen) atoms. The van der Waals surface area contributed by atoms with Crippen LogP contribution >= 0.6 is 0 Å². The van der Waals surface area contributed by atoms with Crippen LogP contribution in [0.5, 0.6) is 0 Å². The summed E-state index contributed by atoms with van der Waals surface area (Å²) in [6, 6.07) is 1.08. The largest absolute Gasteiger partial charge is 0.327 e. The molecule has 0 amide bonds. The normalized spacial score (nSPS) is 21.9. The van der Waals surface area contributed by atoms with Crippen LogP contribution < -0.4 is 5.73 Å². The molecule has 1 unspecified atom stereocenters. The van der Waals surface area contributed by atoms with E-state index in [9.17, 15) is 0 Å². The predicted molar refractivity (Wildman–Crippen MR) is 62.3 cm³/mol. The predicted octanol–water partition coefficient (Wildman–Crippen LogP) is 2.23. The van der Waals surface area contributed by atoms with Gasteiger partial charge in [0.15, 0.2) is 0 Å². The van der Waals surface area contributed by atoms with Gasteiger partial charge in [-0.3, -0.25) is 0 Å². The van der Waals surface area contributed by atoms with Gasteiger partial charge in [-0.2, -0.15) is 0 Å². The van der Waals surface area contributed by atoms with E-state index in [1.807, 2.05) is 0 Å². The van der Waals surface area contributed by atoms with E-state index < -0.39 is 0 Å². The summed E-state index contributed by atoms with van der Waals surface area (Å²) in [5.74, 6) is 0. The van der Waals surface area contributed by atoms with Crippen molar-refractivity contribution in [3.63, 3.8) is 0 Å². The third-order valence-corrected chi connectivity index (χ3v) is 3.84. The highest BCUT2D eigenvalue weighted by Gasteiger charge is 2.28. The maximum Gasteiger partial charge on any atom is 0.00924 e. The number of hydrogen-bond acceptors (Lipinski definition) is 2. The van der Waals surface area contributed by atoms with E-state index in [1.54, 1.807) is 0 Å². The summed E-state index contributed by atoms with van der Waals surface area (Å²) in [5.41, 5.74) is 6.22. The third kappa shape index (κ3) is 2.96. The second-order valence-electron chi connectivity index (χ2n) is 5.63. The zero-order valence-electron chi connectivity index (χ0n) is 10.2. The van der Waals surface area contributed by atoms with Gasteiger partial charge in [-0.25, -0.2) is 0 Å². The van der Waals surface area contributed by atoms with Crippen LogP contribution in [0.15, 0.2) is 0 Å². The molecule has 84 valence electrons. The summed E-state index contributed by atoms with van der Waals surface area (Å²) >= 11 is 0. The molecule has 1 rings (SSSR count). The monoisotopic (exact) mass is 198 g/mol. The molecule has 0 radical (unpaired) electrons. The summed E-state index contributed by atoms with van der Waals surface area (Å²) in [5, 5.41) is 0. The van der Waals surface area contributed by atoms with Gasteiger partial charge in [-0.1, -0.05) is 26.7 Å². The third-order valence-electron chi connectivity index (χ3n) is 3.84. The molecule has 2 nitrogen and oxygen atoms in total. The maximum absolute atomic E-state index is 5.99. The van der Waals surface area contributed by atoms with Crippen LogP contribution in [0.4, 0.5) is 0 Å². The first-order valence-corrected chi connectivity index (χ1v) is 5.89. The molecule has 0 spiro atoms. The number of nitrogens with two attached hydrogens (primary N) is 1. The molecule has 0 aliphatic heterocycles. The molecule has 2 heteroatoms. The minimum absolute atomic E-state index is 0.233. The first-order chi connectivity index (χ1) is 6.43. The molecule has 1 aliphatic carbocycles. The Hall–Kier alpha value is -0.0800. The molecule has 1 saturated carbocycles. The summed E-state index contributed by atoms with van der Waals surface area (Å²) in [6.07, 6.45) is 5.58. The molecule has 0 aromatic heterocycles. The molecule has 1 atom stereocenters. The molecule has 0 bridgehead atoms. The van der Waals surface area contributed by atoms with E-state index in [0.29, 0.717) is 0 Å². The highest BCUT2D eigenvalue weighted by Crippen LogP contribution is 2.27. The van der Waals surface area contributed by atoms with Crippen LogP contribution in [0, 0.1) is 5.41 Å². The Bertz CT molecular complexity index is 169. The minimum atomic E-state index is 0.233. The fourth-order valence-electron chi connectivity index (χ4n) is 2.26. The fourth-order valence-corrected chi connectivity index (χ4v) is 2.26. The number of rotatable bonds is 4. The number of hydrogen-bond donors (Lipinski definition) is 1. The standard InChI is InChI=1S/C12H26N2/c1-10(13)12(2,3)9-14(4)11-7-5-6-8-11/h10-11H,5-9,13H2,1-4H3. The summed E-state index contributed by atoms with van der Waals surface area (Å²) < 4.78 is 0. The Morgan fingerprint density at radius 3 is 2.29 bits per heavy atom. The van der Waals surface area contributed by atoms with Crippen LogP contribution in [0.2, 0.25) is 0 Å². The van der Waals surface area contributed by atoms with Crippen LogP contribution in [-0.4, -0.2) is 30.6 Å². The quantitative estimate of drug-likeness (QED) is 0.750. The van der Waals surface area contributed by atoms with Crippen LogP contribution in [0.3, 0.4) is 0 Å². The van der Waals surface area contributed by atoms with Crippen LogP contribution in [0.25, 0.3) is 0 Å². The Kier molecular flexibility index (Phi) is 3.96. The van der Waals surface area contributed by atoms with Gasteiger partial charge in [0.1, 0.15) is 0 Å². The second kappa shape index (κ2) is 4.63. The average molecular weight is 198 g/mol. The van der Waals surface area contributed by atoms with Gasteiger partial charge in [0, 0.05) is 18.6 Å². The Morgan fingerprint density at radius 2 is 1.86 bits per heavy atom. The summed E-state index contributed by atoms with van der Waals surface area (Å²) in [7, 11) is 2.25. The molecule has 0 heterocycles. The molecular weight excluding hydrogens is 172 g/mol. The smallest absolute Gasteiger partial charge is 0.00924 e. The molecule has 0 aromatic rings. The summed E-state index contributed by atoms with van der Waals surface area (Å²) in [4.78, 5) is 2.51. The Labute approximate surface area is 88.8 Å². The van der Waals surface area contributed by atoms with Gasteiger partial charge in [0.2, 0.25) is 0 Å².